The lowest BCUT2D eigenvalue weighted by Crippen LogP contribution is -2.46. The first-order valence-electron chi connectivity index (χ1n) is 22.5. The van der Waals surface area contributed by atoms with Gasteiger partial charge in [-0.1, -0.05) is 74.8 Å². The van der Waals surface area contributed by atoms with Crippen LogP contribution in [-0.2, 0) is 22.4 Å². The number of pyridine rings is 1. The van der Waals surface area contributed by atoms with E-state index in [1.807, 2.05) is 54.7 Å². The number of nitrogens with two attached hydrogens (primary N) is 1. The maximum Gasteiger partial charge on any atom is 0.183 e. The Kier molecular flexibility index (Phi) is 13.9. The standard InChI is InChI=1S/C52H63N3O5/c1-5-12-43(51(59)52(20-10-7-11-21-52)49-29-40(32-55-49)33(2)3)39-25-35(23-34-19-22-54-50(53)26-34)24-37-16-18-42(36-13-8-6-9-14-36)44-31-47(58)48(60-4)28-38(44)15-17-41(56)30-46(57)45(37)27-39/h6,8-9,13-14,19,22,26,28-29,31-33,35,37,39,42-43,45,51,59H,5,7,10-12,15,17,20-21,23-25,27,30H2,1-4H3,(H2-,53,54,58)/p+1. The highest BCUT2D eigenvalue weighted by Crippen LogP contribution is 2.53. The second-order valence-corrected chi connectivity index (χ2v) is 18.4. The predicted octanol–water partition coefficient (Wildman–Crippen LogP) is 9.81. The number of rotatable bonds is 11. The first-order chi connectivity index (χ1) is 29.0. The highest BCUT2D eigenvalue weighted by molar-refractivity contribution is 6.00. The first kappa shape index (κ1) is 43.2. The number of fused-ring (bicyclic) bond motifs is 2. The van der Waals surface area contributed by atoms with Crippen LogP contribution in [0.25, 0.3) is 0 Å². The summed E-state index contributed by atoms with van der Waals surface area (Å²) in [7, 11) is 1.52. The summed E-state index contributed by atoms with van der Waals surface area (Å²) in [5.74, 6) is 8.50. The van der Waals surface area contributed by atoms with Crippen molar-refractivity contribution in [1.29, 1.82) is 0 Å². The molecule has 2 saturated carbocycles. The van der Waals surface area contributed by atoms with Crippen molar-refractivity contribution in [3.63, 3.8) is 0 Å². The summed E-state index contributed by atoms with van der Waals surface area (Å²) in [6.07, 6.45) is 15.4. The summed E-state index contributed by atoms with van der Waals surface area (Å²) in [4.78, 5) is 38.0. The van der Waals surface area contributed by atoms with Gasteiger partial charge in [-0.25, -0.2) is 4.98 Å². The van der Waals surface area contributed by atoms with E-state index in [0.717, 1.165) is 85.7 Å². The minimum absolute atomic E-state index is 0.0151. The van der Waals surface area contributed by atoms with E-state index in [1.165, 1.54) is 13.0 Å². The molecule has 0 amide bonds. The molecule has 7 unspecified atom stereocenters. The van der Waals surface area contributed by atoms with Crippen LogP contribution < -0.4 is 10.5 Å². The van der Waals surface area contributed by atoms with Crippen molar-refractivity contribution in [3.05, 3.63) is 101 Å². The number of hydrogen-bond acceptors (Lipinski definition) is 8. The van der Waals surface area contributed by atoms with E-state index < -0.39 is 23.4 Å². The topological polar surface area (TPSA) is 135 Å². The molecule has 0 spiro atoms. The van der Waals surface area contributed by atoms with Gasteiger partial charge in [0, 0.05) is 30.4 Å². The third kappa shape index (κ3) is 9.52. The van der Waals surface area contributed by atoms with Crippen LogP contribution in [0.1, 0.15) is 126 Å². The van der Waals surface area contributed by atoms with Crippen molar-refractivity contribution in [2.24, 2.45) is 45.9 Å². The van der Waals surface area contributed by atoms with Crippen LogP contribution in [0, 0.1) is 58.7 Å². The van der Waals surface area contributed by atoms with Gasteiger partial charge in [0.15, 0.2) is 17.2 Å². The third-order valence-electron chi connectivity index (χ3n) is 14.2. The number of aliphatic hydroxyl groups excluding tert-OH is 1. The van der Waals surface area contributed by atoms with E-state index in [-0.39, 0.29) is 53.8 Å². The number of carbonyl (C=O) groups excluding carboxylic acids is 2. The van der Waals surface area contributed by atoms with Gasteiger partial charge >= 0.3 is 0 Å². The molecule has 0 radical (unpaired) electrons. The summed E-state index contributed by atoms with van der Waals surface area (Å²) in [6, 6.07) is 17.6. The molecular formula is C52H64N3O5+. The molecule has 3 aromatic rings. The number of ketones is 2. The highest BCUT2D eigenvalue weighted by Gasteiger charge is 2.54. The molecule has 7 rings (SSSR count). The minimum Gasteiger partial charge on any atom is -0.504 e. The zero-order valence-electron chi connectivity index (χ0n) is 36.0. The second-order valence-electron chi connectivity index (χ2n) is 18.4. The van der Waals surface area contributed by atoms with Gasteiger partial charge in [-0.2, -0.15) is 0 Å². The van der Waals surface area contributed by atoms with E-state index in [2.05, 4.69) is 43.7 Å². The summed E-state index contributed by atoms with van der Waals surface area (Å²) >= 11 is 0. The van der Waals surface area contributed by atoms with Crippen LogP contribution in [0.15, 0.2) is 77.6 Å². The average molecular weight is 811 g/mol. The zero-order chi connectivity index (χ0) is 42.4. The number of anilines is 1. The predicted molar refractivity (Wildman–Crippen MR) is 238 cm³/mol. The molecule has 8 nitrogen and oxygen atoms in total. The Morgan fingerprint density at radius 1 is 1.00 bits per heavy atom. The second kappa shape index (κ2) is 19.2. The lowest BCUT2D eigenvalue weighted by Gasteiger charge is -2.43. The van der Waals surface area contributed by atoms with Gasteiger partial charge in [0.1, 0.15) is 41.0 Å². The molecule has 2 fully saturated rings. The number of nitrogen functional groups attached to an aromatic ring is 1. The number of hydrogen-bond donors (Lipinski definition) is 3. The molecule has 4 aliphatic rings. The number of phenols is 1. The fourth-order valence-electron chi connectivity index (χ4n) is 11.0. The normalized spacial score (nSPS) is 25.4. The first-order valence-corrected chi connectivity index (χ1v) is 22.5. The van der Waals surface area contributed by atoms with Gasteiger partial charge in [0.05, 0.1) is 25.6 Å². The van der Waals surface area contributed by atoms with Gasteiger partial charge in [-0.15, -0.1) is 4.99 Å². The fraction of sp³-hybridized carbons (Fsp3) is 0.519. The van der Waals surface area contributed by atoms with Crippen molar-refractivity contribution < 1.29 is 24.5 Å². The molecule has 2 aromatic carbocycles. The van der Waals surface area contributed by atoms with E-state index in [0.29, 0.717) is 36.7 Å². The van der Waals surface area contributed by atoms with Crippen LogP contribution >= 0.6 is 0 Å². The quantitative estimate of drug-likeness (QED) is 0.0997. The van der Waals surface area contributed by atoms with Gasteiger partial charge in [-0.05, 0) is 129 Å². The van der Waals surface area contributed by atoms with Crippen molar-refractivity contribution in [1.82, 2.24) is 4.98 Å². The monoisotopic (exact) mass is 810 g/mol. The molecule has 7 atom stereocenters. The fourth-order valence-corrected chi connectivity index (χ4v) is 11.0. The maximum absolute atomic E-state index is 14.8. The molecule has 1 aliphatic heterocycles. The molecule has 0 bridgehead atoms. The van der Waals surface area contributed by atoms with E-state index >= 15 is 0 Å². The number of benzene rings is 2. The number of carbonyl (C=O) groups is 2. The number of aromatic nitrogens is 1. The highest BCUT2D eigenvalue weighted by atomic mass is 16.5. The Morgan fingerprint density at radius 3 is 2.48 bits per heavy atom. The van der Waals surface area contributed by atoms with Crippen molar-refractivity contribution in [2.75, 3.05) is 12.8 Å². The Hall–Kier alpha value is -4.87. The molecule has 4 N–H and O–H groups in total. The Balaban J connectivity index is 1.34. The van der Waals surface area contributed by atoms with Crippen molar-refractivity contribution in [2.45, 2.75) is 123 Å². The van der Waals surface area contributed by atoms with Crippen LogP contribution in [0.2, 0.25) is 0 Å². The van der Waals surface area contributed by atoms with Gasteiger partial charge in [0.25, 0.3) is 0 Å². The smallest absolute Gasteiger partial charge is 0.183 e. The largest absolute Gasteiger partial charge is 0.504 e. The van der Waals surface area contributed by atoms with Gasteiger partial charge in [0.2, 0.25) is 0 Å². The average Bonchev–Trinajstić information content (AvgIpc) is 3.69. The molecular weight excluding hydrogens is 747 g/mol. The number of aryl methyl sites for hydroxylation is 1. The Labute approximate surface area is 357 Å². The number of phenolic OH excluding ortho intramolecular Hbond substituents is 1. The van der Waals surface area contributed by atoms with Crippen molar-refractivity contribution >= 4 is 23.6 Å². The minimum atomic E-state index is -0.635. The number of Topliss-reactive ketones (excluding diaryl/α,β-unsaturated/α-hetero) is 2. The Morgan fingerprint density at radius 2 is 1.78 bits per heavy atom. The number of aliphatic imine (C=N–C) groups is 1. The molecule has 2 heterocycles. The maximum atomic E-state index is 14.8. The van der Waals surface area contributed by atoms with Crippen LogP contribution in [-0.4, -0.2) is 46.2 Å². The lowest BCUT2D eigenvalue weighted by molar-refractivity contribution is -0.130. The number of aliphatic hydroxyl groups is 1. The van der Waals surface area contributed by atoms with Crippen LogP contribution in [0.4, 0.5) is 5.82 Å². The molecule has 0 saturated heterocycles. The Bertz CT molecular complexity index is 2110. The zero-order valence-corrected chi connectivity index (χ0v) is 36.0. The summed E-state index contributed by atoms with van der Waals surface area (Å²) < 4.78 is 5.51. The van der Waals surface area contributed by atoms with Crippen LogP contribution in [0.3, 0.4) is 0 Å². The number of allylic oxidation sites excluding steroid dienone is 1. The van der Waals surface area contributed by atoms with E-state index in [1.54, 1.807) is 12.3 Å². The summed E-state index contributed by atoms with van der Waals surface area (Å²) in [5, 5.41) is 24.2. The lowest BCUT2D eigenvalue weighted by atomic mass is 9.61. The van der Waals surface area contributed by atoms with Gasteiger partial charge in [-0.3, -0.25) is 9.59 Å². The van der Waals surface area contributed by atoms with E-state index in [4.69, 9.17) is 15.5 Å². The number of aromatic hydroxyl groups is 1. The third-order valence-corrected chi connectivity index (χ3v) is 14.2. The summed E-state index contributed by atoms with van der Waals surface area (Å²) in [6.45, 7) is 6.58. The molecule has 60 heavy (non-hydrogen) atoms. The van der Waals surface area contributed by atoms with Crippen molar-refractivity contribution in [3.8, 4) is 23.3 Å². The molecule has 1 aromatic heterocycles. The van der Waals surface area contributed by atoms with E-state index in [9.17, 15) is 19.8 Å². The van der Waals surface area contributed by atoms with Crippen LogP contribution in [0.5, 0.6) is 11.5 Å². The SMILES string of the molecule is CCCC(C1CC(Cc2ccnc(N)c2)CC2C#CC(c3ccccc3)c3cc(O)c(OC)cc3CCC(=O)CC(=O)C2C1)C(O)C1(C2=C[C+](C(C)C)C=N2)CCCCC1. The van der Waals surface area contributed by atoms with Gasteiger partial charge < -0.3 is 20.7 Å². The number of ether oxygens (including phenoxy) is 1. The number of methoxy groups -OCH3 is 1. The summed E-state index contributed by atoms with van der Waals surface area (Å²) in [5.41, 5.74) is 10.6. The molecule has 8 heteroatoms. The number of nitrogens with zero attached hydrogens (tertiary/aromatic N) is 2. The molecule has 316 valence electrons. The molecule has 3 aliphatic carbocycles.